The number of anilines is 1. The number of nitrogens with two attached hydrogens (primary N) is 1. The van der Waals surface area contributed by atoms with Gasteiger partial charge in [0, 0.05) is 11.6 Å². The summed E-state index contributed by atoms with van der Waals surface area (Å²) in [7, 11) is 0. The summed E-state index contributed by atoms with van der Waals surface area (Å²) in [5.41, 5.74) is 9.06. The molecule has 0 heterocycles. The van der Waals surface area contributed by atoms with Crippen molar-refractivity contribution in [3.05, 3.63) is 58.6 Å². The lowest BCUT2D eigenvalue weighted by Crippen LogP contribution is -2.15. The predicted octanol–water partition coefficient (Wildman–Crippen LogP) is 4.04. The number of halogens is 1. The van der Waals surface area contributed by atoms with Crippen molar-refractivity contribution in [3.8, 4) is 5.75 Å². The van der Waals surface area contributed by atoms with Crippen LogP contribution in [0, 0.1) is 0 Å². The summed E-state index contributed by atoms with van der Waals surface area (Å²) in [5, 5.41) is 4.23. The highest BCUT2D eigenvalue weighted by Gasteiger charge is 2.02. The molecule has 3 N–H and O–H groups in total. The quantitative estimate of drug-likeness (QED) is 0.570. The lowest BCUT2D eigenvalue weighted by molar-refractivity contribution is 0.342. The van der Waals surface area contributed by atoms with Gasteiger partial charge in [-0.1, -0.05) is 35.9 Å². The maximum Gasteiger partial charge on any atom is 0.142 e. The number of rotatable bonds is 8. The minimum absolute atomic E-state index is 0.634. The van der Waals surface area contributed by atoms with Crippen LogP contribution in [0.1, 0.15) is 24.5 Å². The molecule has 0 saturated carbocycles. The van der Waals surface area contributed by atoms with Crippen LogP contribution in [0.5, 0.6) is 5.75 Å². The van der Waals surface area contributed by atoms with Crippen LogP contribution in [0.15, 0.2) is 42.5 Å². The second-order valence-corrected chi connectivity index (χ2v) is 5.58. The molecule has 2 rings (SSSR count). The van der Waals surface area contributed by atoms with Crippen molar-refractivity contribution in [2.24, 2.45) is 0 Å². The summed E-state index contributed by atoms with van der Waals surface area (Å²) in [5.74, 6) is 0.767. The molecule has 22 heavy (non-hydrogen) atoms. The zero-order valence-electron chi connectivity index (χ0n) is 12.9. The third-order valence-corrected chi connectivity index (χ3v) is 3.84. The van der Waals surface area contributed by atoms with Crippen LogP contribution in [-0.2, 0) is 13.0 Å². The second-order valence-electron chi connectivity index (χ2n) is 5.18. The Hall–Kier alpha value is -1.71. The molecular weight excluding hydrogens is 296 g/mol. The van der Waals surface area contributed by atoms with E-state index in [0.717, 1.165) is 42.3 Å². The standard InChI is InChI=1S/C18H23ClN2O/c1-2-22-18-10-9-14(12-17(18)20)6-5-11-21-13-15-7-3-4-8-16(15)19/h3-4,7-10,12,21H,2,5-6,11,13,20H2,1H3. The van der Waals surface area contributed by atoms with Crippen molar-refractivity contribution in [1.82, 2.24) is 5.32 Å². The van der Waals surface area contributed by atoms with Gasteiger partial charge in [-0.05, 0) is 55.6 Å². The van der Waals surface area contributed by atoms with Gasteiger partial charge in [-0.2, -0.15) is 0 Å². The van der Waals surface area contributed by atoms with Gasteiger partial charge in [0.2, 0.25) is 0 Å². The average Bonchev–Trinajstić information content (AvgIpc) is 2.51. The molecule has 0 aliphatic carbocycles. The van der Waals surface area contributed by atoms with Crippen molar-refractivity contribution in [2.75, 3.05) is 18.9 Å². The molecule has 0 aromatic heterocycles. The SMILES string of the molecule is CCOc1ccc(CCCNCc2ccccc2Cl)cc1N. The van der Waals surface area contributed by atoms with E-state index in [1.54, 1.807) is 0 Å². The highest BCUT2D eigenvalue weighted by atomic mass is 35.5. The highest BCUT2D eigenvalue weighted by molar-refractivity contribution is 6.31. The molecule has 4 heteroatoms. The molecule has 2 aromatic carbocycles. The Morgan fingerprint density at radius 2 is 2.00 bits per heavy atom. The lowest BCUT2D eigenvalue weighted by Gasteiger charge is -2.09. The molecule has 0 spiro atoms. The van der Waals surface area contributed by atoms with E-state index in [1.807, 2.05) is 43.3 Å². The van der Waals surface area contributed by atoms with Crippen LogP contribution < -0.4 is 15.8 Å². The van der Waals surface area contributed by atoms with Crippen molar-refractivity contribution in [2.45, 2.75) is 26.3 Å². The normalized spacial score (nSPS) is 10.6. The number of hydrogen-bond donors (Lipinski definition) is 2. The summed E-state index contributed by atoms with van der Waals surface area (Å²) in [4.78, 5) is 0. The molecule has 118 valence electrons. The van der Waals surface area contributed by atoms with Crippen LogP contribution in [0.2, 0.25) is 5.02 Å². The van der Waals surface area contributed by atoms with Gasteiger partial charge in [-0.25, -0.2) is 0 Å². The number of aryl methyl sites for hydroxylation is 1. The molecule has 0 atom stereocenters. The van der Waals surface area contributed by atoms with Gasteiger partial charge in [0.25, 0.3) is 0 Å². The predicted molar refractivity (Wildman–Crippen MR) is 93.5 cm³/mol. The van der Waals surface area contributed by atoms with Gasteiger partial charge in [0.1, 0.15) is 5.75 Å². The van der Waals surface area contributed by atoms with Gasteiger partial charge < -0.3 is 15.8 Å². The highest BCUT2D eigenvalue weighted by Crippen LogP contribution is 2.23. The third-order valence-electron chi connectivity index (χ3n) is 3.47. The molecule has 0 bridgehead atoms. The first-order valence-corrected chi connectivity index (χ1v) is 8.04. The fourth-order valence-electron chi connectivity index (χ4n) is 2.32. The molecule has 0 unspecified atom stereocenters. The topological polar surface area (TPSA) is 47.3 Å². The van der Waals surface area contributed by atoms with Gasteiger partial charge in [-0.3, -0.25) is 0 Å². The Morgan fingerprint density at radius 1 is 1.18 bits per heavy atom. The minimum Gasteiger partial charge on any atom is -0.492 e. The van der Waals surface area contributed by atoms with E-state index in [4.69, 9.17) is 22.1 Å². The Labute approximate surface area is 137 Å². The Balaban J connectivity index is 1.73. The van der Waals surface area contributed by atoms with Gasteiger partial charge in [-0.15, -0.1) is 0 Å². The third kappa shape index (κ3) is 4.93. The summed E-state index contributed by atoms with van der Waals surface area (Å²) in [6.07, 6.45) is 2.05. The molecule has 2 aromatic rings. The number of nitrogens with one attached hydrogen (secondary N) is 1. The number of benzene rings is 2. The first-order chi connectivity index (χ1) is 10.7. The molecule has 0 aliphatic heterocycles. The lowest BCUT2D eigenvalue weighted by atomic mass is 10.1. The maximum absolute atomic E-state index is 6.13. The van der Waals surface area contributed by atoms with E-state index in [1.165, 1.54) is 5.56 Å². The maximum atomic E-state index is 6.13. The van der Waals surface area contributed by atoms with E-state index in [9.17, 15) is 0 Å². The number of ether oxygens (including phenoxy) is 1. The van der Waals surface area contributed by atoms with Crippen molar-refractivity contribution < 1.29 is 4.74 Å². The Kier molecular flexibility index (Phi) is 6.56. The van der Waals surface area contributed by atoms with Gasteiger partial charge >= 0.3 is 0 Å². The minimum atomic E-state index is 0.634. The summed E-state index contributed by atoms with van der Waals surface area (Å²) >= 11 is 6.13. The molecule has 0 aliphatic rings. The van der Waals surface area contributed by atoms with Gasteiger partial charge in [0.15, 0.2) is 0 Å². The Bertz CT molecular complexity index is 601. The molecular formula is C18H23ClN2O. The summed E-state index contributed by atoms with van der Waals surface area (Å²) < 4.78 is 5.45. The Morgan fingerprint density at radius 3 is 2.73 bits per heavy atom. The van der Waals surface area contributed by atoms with E-state index in [-0.39, 0.29) is 0 Å². The van der Waals surface area contributed by atoms with Crippen LogP contribution in [0.25, 0.3) is 0 Å². The molecule has 3 nitrogen and oxygen atoms in total. The van der Waals surface area contributed by atoms with E-state index >= 15 is 0 Å². The summed E-state index contributed by atoms with van der Waals surface area (Å²) in [6, 6.07) is 13.9. The van der Waals surface area contributed by atoms with E-state index < -0.39 is 0 Å². The monoisotopic (exact) mass is 318 g/mol. The van der Waals surface area contributed by atoms with Gasteiger partial charge in [0.05, 0.1) is 12.3 Å². The van der Waals surface area contributed by atoms with E-state index in [2.05, 4.69) is 11.4 Å². The van der Waals surface area contributed by atoms with Crippen LogP contribution in [0.4, 0.5) is 5.69 Å². The second kappa shape index (κ2) is 8.66. The first kappa shape index (κ1) is 16.7. The van der Waals surface area contributed by atoms with Crippen LogP contribution in [-0.4, -0.2) is 13.2 Å². The molecule has 0 amide bonds. The van der Waals surface area contributed by atoms with Crippen molar-refractivity contribution in [1.29, 1.82) is 0 Å². The smallest absolute Gasteiger partial charge is 0.142 e. The summed E-state index contributed by atoms with van der Waals surface area (Å²) in [6.45, 7) is 4.33. The molecule has 0 saturated heterocycles. The van der Waals surface area contributed by atoms with Crippen LogP contribution >= 0.6 is 11.6 Å². The number of nitrogen functional groups attached to an aromatic ring is 1. The fraction of sp³-hybridized carbons (Fsp3) is 0.333. The van der Waals surface area contributed by atoms with Crippen molar-refractivity contribution >= 4 is 17.3 Å². The largest absolute Gasteiger partial charge is 0.492 e. The molecule has 0 radical (unpaired) electrons. The first-order valence-electron chi connectivity index (χ1n) is 7.66. The average molecular weight is 319 g/mol. The fourth-order valence-corrected chi connectivity index (χ4v) is 2.53. The van der Waals surface area contributed by atoms with Crippen LogP contribution in [0.3, 0.4) is 0 Å². The zero-order valence-corrected chi connectivity index (χ0v) is 13.7. The zero-order chi connectivity index (χ0) is 15.8. The number of hydrogen-bond acceptors (Lipinski definition) is 3. The van der Waals surface area contributed by atoms with Crippen molar-refractivity contribution in [3.63, 3.8) is 0 Å². The molecule has 0 fully saturated rings. The van der Waals surface area contributed by atoms with E-state index in [0.29, 0.717) is 12.3 Å².